The summed E-state index contributed by atoms with van der Waals surface area (Å²) in [5.41, 5.74) is 2.08. The topological polar surface area (TPSA) is 26.3 Å². The number of carbonyl (C=O) groups is 1. The number of allylic oxidation sites excluding steroid dienone is 3. The molecule has 16 heavy (non-hydrogen) atoms. The fourth-order valence-corrected chi connectivity index (χ4v) is 3.46. The fourth-order valence-electron chi connectivity index (χ4n) is 3.46. The zero-order valence-electron chi connectivity index (χ0n) is 10.5. The van der Waals surface area contributed by atoms with Crippen LogP contribution < -0.4 is 0 Å². The summed E-state index contributed by atoms with van der Waals surface area (Å²) in [4.78, 5) is 12.2. The van der Waals surface area contributed by atoms with Crippen LogP contribution in [0.2, 0.25) is 0 Å². The molecule has 0 N–H and O–H groups in total. The Kier molecular flexibility index (Phi) is 2.69. The number of fused-ring (bicyclic) bond motifs is 1. The maximum atomic E-state index is 12.2. The molecule has 0 aromatic heterocycles. The average molecular weight is 220 g/mol. The van der Waals surface area contributed by atoms with E-state index < -0.39 is 0 Å². The van der Waals surface area contributed by atoms with Gasteiger partial charge >= 0.3 is 0 Å². The van der Waals surface area contributed by atoms with Gasteiger partial charge in [0.1, 0.15) is 5.78 Å². The Balaban J connectivity index is 2.45. The van der Waals surface area contributed by atoms with E-state index in [2.05, 4.69) is 26.8 Å². The molecule has 2 heteroatoms. The van der Waals surface area contributed by atoms with Crippen molar-refractivity contribution in [1.82, 2.24) is 0 Å². The molecule has 0 radical (unpaired) electrons. The van der Waals surface area contributed by atoms with Crippen LogP contribution in [-0.4, -0.2) is 12.9 Å². The summed E-state index contributed by atoms with van der Waals surface area (Å²) in [7, 11) is 1.66. The number of ether oxygens (including phenoxy) is 1. The lowest BCUT2D eigenvalue weighted by Crippen LogP contribution is -2.53. The average Bonchev–Trinajstić information content (AvgIpc) is 2.54. The second kappa shape index (κ2) is 3.76. The first-order chi connectivity index (χ1) is 7.54. The van der Waals surface area contributed by atoms with Crippen LogP contribution in [0.1, 0.15) is 33.6 Å². The zero-order valence-corrected chi connectivity index (χ0v) is 10.5. The molecule has 0 saturated heterocycles. The molecule has 0 aliphatic heterocycles. The van der Waals surface area contributed by atoms with E-state index >= 15 is 0 Å². The van der Waals surface area contributed by atoms with Crippen molar-refractivity contribution >= 4 is 5.78 Å². The lowest BCUT2D eigenvalue weighted by Gasteiger charge is -2.47. The minimum absolute atomic E-state index is 0.221. The lowest BCUT2D eigenvalue weighted by molar-refractivity contribution is -0.144. The lowest BCUT2D eigenvalue weighted by atomic mass is 9.53. The molecular formula is C14H20O2. The van der Waals surface area contributed by atoms with Gasteiger partial charge in [-0.25, -0.2) is 0 Å². The predicted octanol–water partition coefficient (Wildman–Crippen LogP) is 3.10. The Morgan fingerprint density at radius 3 is 2.75 bits per heavy atom. The normalized spacial score (nSPS) is 39.2. The van der Waals surface area contributed by atoms with Crippen LogP contribution in [0.5, 0.6) is 0 Å². The smallest absolute Gasteiger partial charge is 0.150 e. The monoisotopic (exact) mass is 220 g/mol. The molecule has 3 atom stereocenters. The molecule has 2 aliphatic carbocycles. The SMILES string of the molecule is CO/C=C1\CC[C@H]2[C@@H](C)C(=O)[C@@]12C=C(C)C. The molecule has 2 rings (SSSR count). The number of methoxy groups -OCH3 is 1. The number of ketones is 1. The Hall–Kier alpha value is -1.05. The predicted molar refractivity (Wildman–Crippen MR) is 63.9 cm³/mol. The highest BCUT2D eigenvalue weighted by molar-refractivity contribution is 5.99. The maximum absolute atomic E-state index is 12.2. The molecule has 0 amide bonds. The Morgan fingerprint density at radius 2 is 2.19 bits per heavy atom. The van der Waals surface area contributed by atoms with Crippen LogP contribution in [0.4, 0.5) is 0 Å². The van der Waals surface area contributed by atoms with Gasteiger partial charge in [-0.1, -0.05) is 18.6 Å². The van der Waals surface area contributed by atoms with Crippen LogP contribution in [0.25, 0.3) is 0 Å². The number of Topliss-reactive ketones (excluding diaryl/α,β-unsaturated/α-hetero) is 1. The van der Waals surface area contributed by atoms with E-state index in [9.17, 15) is 4.79 Å². The molecule has 0 aromatic carbocycles. The molecule has 2 fully saturated rings. The molecule has 0 aromatic rings. The van der Waals surface area contributed by atoms with Gasteiger partial charge in [0.25, 0.3) is 0 Å². The fraction of sp³-hybridized carbons (Fsp3) is 0.643. The highest BCUT2D eigenvalue weighted by Crippen LogP contribution is 2.61. The summed E-state index contributed by atoms with van der Waals surface area (Å²) in [6.07, 6.45) is 6.05. The zero-order chi connectivity index (χ0) is 11.9. The first-order valence-corrected chi connectivity index (χ1v) is 5.96. The van der Waals surface area contributed by atoms with Gasteiger partial charge in [0.2, 0.25) is 0 Å². The van der Waals surface area contributed by atoms with Crippen molar-refractivity contribution in [3.05, 3.63) is 23.5 Å². The third kappa shape index (κ3) is 1.28. The summed E-state index contributed by atoms with van der Waals surface area (Å²) >= 11 is 0. The van der Waals surface area contributed by atoms with E-state index in [4.69, 9.17) is 4.74 Å². The van der Waals surface area contributed by atoms with Crippen molar-refractivity contribution in [2.45, 2.75) is 33.6 Å². The van der Waals surface area contributed by atoms with Gasteiger partial charge in [-0.3, -0.25) is 4.79 Å². The summed E-state index contributed by atoms with van der Waals surface area (Å²) in [6.45, 7) is 6.18. The first-order valence-electron chi connectivity index (χ1n) is 5.96. The molecule has 0 spiro atoms. The first kappa shape index (κ1) is 11.4. The second-order valence-electron chi connectivity index (χ2n) is 5.27. The summed E-state index contributed by atoms with van der Waals surface area (Å²) < 4.78 is 5.13. The van der Waals surface area contributed by atoms with Gasteiger partial charge in [0.15, 0.2) is 0 Å². The van der Waals surface area contributed by atoms with Crippen molar-refractivity contribution in [3.63, 3.8) is 0 Å². The van der Waals surface area contributed by atoms with Crippen LogP contribution in [0.3, 0.4) is 0 Å². The van der Waals surface area contributed by atoms with E-state index in [1.165, 1.54) is 11.1 Å². The molecule has 2 aliphatic rings. The Bertz CT molecular complexity index is 374. The molecule has 0 heterocycles. The van der Waals surface area contributed by atoms with Gasteiger partial charge in [-0.05, 0) is 38.2 Å². The van der Waals surface area contributed by atoms with Crippen molar-refractivity contribution in [1.29, 1.82) is 0 Å². The third-order valence-electron chi connectivity index (χ3n) is 4.04. The van der Waals surface area contributed by atoms with Gasteiger partial charge < -0.3 is 4.74 Å². The van der Waals surface area contributed by atoms with Gasteiger partial charge in [0.05, 0.1) is 18.8 Å². The van der Waals surface area contributed by atoms with E-state index in [1.807, 2.05) is 0 Å². The van der Waals surface area contributed by atoms with Gasteiger partial charge in [-0.2, -0.15) is 0 Å². The third-order valence-corrected chi connectivity index (χ3v) is 4.04. The van der Waals surface area contributed by atoms with E-state index in [0.717, 1.165) is 12.8 Å². The van der Waals surface area contributed by atoms with Crippen LogP contribution in [0, 0.1) is 17.3 Å². The van der Waals surface area contributed by atoms with Crippen molar-refractivity contribution in [3.8, 4) is 0 Å². The molecule has 2 saturated carbocycles. The maximum Gasteiger partial charge on any atom is 0.150 e. The van der Waals surface area contributed by atoms with E-state index in [-0.39, 0.29) is 11.3 Å². The number of hydrogen-bond acceptors (Lipinski definition) is 2. The minimum atomic E-state index is -0.311. The highest BCUT2D eigenvalue weighted by Gasteiger charge is 2.63. The molecule has 0 unspecified atom stereocenters. The summed E-state index contributed by atoms with van der Waals surface area (Å²) in [5.74, 6) is 1.09. The standard InChI is InChI=1S/C14H20O2/c1-9(2)7-14-11(8-16-4)5-6-12(14)10(3)13(14)15/h7-8,10,12H,5-6H2,1-4H3/b11-8+/t10-,12+,14+/m1/s1. The quantitative estimate of drug-likeness (QED) is 0.528. The number of carbonyl (C=O) groups excluding carboxylic acids is 1. The number of rotatable bonds is 2. The van der Waals surface area contributed by atoms with Crippen LogP contribution in [0.15, 0.2) is 23.5 Å². The van der Waals surface area contributed by atoms with Crippen LogP contribution >= 0.6 is 0 Å². The van der Waals surface area contributed by atoms with Gasteiger partial charge in [0, 0.05) is 5.92 Å². The van der Waals surface area contributed by atoms with Crippen molar-refractivity contribution < 1.29 is 9.53 Å². The van der Waals surface area contributed by atoms with Crippen LogP contribution in [-0.2, 0) is 9.53 Å². The minimum Gasteiger partial charge on any atom is -0.504 e. The second-order valence-corrected chi connectivity index (χ2v) is 5.27. The van der Waals surface area contributed by atoms with Crippen molar-refractivity contribution in [2.24, 2.45) is 17.3 Å². The van der Waals surface area contributed by atoms with E-state index in [0.29, 0.717) is 11.7 Å². The molecule has 0 bridgehead atoms. The van der Waals surface area contributed by atoms with Gasteiger partial charge in [-0.15, -0.1) is 0 Å². The molecular weight excluding hydrogens is 200 g/mol. The van der Waals surface area contributed by atoms with E-state index in [1.54, 1.807) is 13.4 Å². The highest BCUT2D eigenvalue weighted by atomic mass is 16.5. The van der Waals surface area contributed by atoms with Crippen molar-refractivity contribution in [2.75, 3.05) is 7.11 Å². The summed E-state index contributed by atoms with van der Waals surface area (Å²) in [5, 5.41) is 0. The molecule has 88 valence electrons. The Morgan fingerprint density at radius 1 is 1.50 bits per heavy atom. The number of hydrogen-bond donors (Lipinski definition) is 0. The largest absolute Gasteiger partial charge is 0.504 e. The Labute approximate surface area is 97.4 Å². The molecule has 2 nitrogen and oxygen atoms in total. The summed E-state index contributed by atoms with van der Waals surface area (Å²) in [6, 6.07) is 0.